The molecule has 0 aliphatic heterocycles. The quantitative estimate of drug-likeness (QED) is 0.600. The molecular weight excluding hydrogens is 360 g/mol. The molecule has 1 aromatic heterocycles. The molecule has 0 saturated carbocycles. The van der Waals surface area contributed by atoms with Crippen molar-refractivity contribution in [3.63, 3.8) is 0 Å². The molecule has 0 radical (unpaired) electrons. The first-order valence-corrected chi connectivity index (χ1v) is 9.18. The average Bonchev–Trinajstić information content (AvgIpc) is 2.68. The van der Waals surface area contributed by atoms with Crippen LogP contribution in [0.4, 0.5) is 0 Å². The van der Waals surface area contributed by atoms with E-state index in [1.165, 1.54) is 11.1 Å². The Morgan fingerprint density at radius 2 is 1.78 bits per heavy atom. The van der Waals surface area contributed by atoms with Gasteiger partial charge in [-0.1, -0.05) is 41.4 Å². The van der Waals surface area contributed by atoms with E-state index >= 15 is 0 Å². The summed E-state index contributed by atoms with van der Waals surface area (Å²) in [5.41, 5.74) is 4.45. The van der Waals surface area contributed by atoms with Gasteiger partial charge in [0, 0.05) is 36.6 Å². The summed E-state index contributed by atoms with van der Waals surface area (Å²) in [6.45, 7) is 3.91. The van der Waals surface area contributed by atoms with E-state index in [0.717, 1.165) is 17.7 Å². The Bertz CT molecular complexity index is 885. The summed E-state index contributed by atoms with van der Waals surface area (Å²) in [4.78, 5) is 4.02. The Kier molecular flexibility index (Phi) is 6.69. The SMILES string of the molecule is COc1cc(CNCc2ccncc2)c(Cl)cc1OCc1cccc(C)c1. The van der Waals surface area contributed by atoms with Gasteiger partial charge in [0.1, 0.15) is 6.61 Å². The molecular formula is C22H23ClN2O2. The summed E-state index contributed by atoms with van der Waals surface area (Å²) in [5.74, 6) is 1.31. The predicted molar refractivity (Wildman–Crippen MR) is 108 cm³/mol. The standard InChI is InChI=1S/C22H23ClN2O2/c1-16-4-3-5-18(10-16)15-27-22-12-20(23)19(11-21(22)26-2)14-25-13-17-6-8-24-9-7-17/h3-12,25H,13-15H2,1-2H3. The zero-order valence-corrected chi connectivity index (χ0v) is 16.3. The Morgan fingerprint density at radius 3 is 2.52 bits per heavy atom. The summed E-state index contributed by atoms with van der Waals surface area (Å²) in [6, 6.07) is 15.9. The molecule has 3 aromatic rings. The van der Waals surface area contributed by atoms with Crippen LogP contribution in [-0.4, -0.2) is 12.1 Å². The third-order valence-corrected chi connectivity index (χ3v) is 4.56. The van der Waals surface area contributed by atoms with Gasteiger partial charge in [-0.15, -0.1) is 0 Å². The first-order valence-electron chi connectivity index (χ1n) is 8.80. The zero-order chi connectivity index (χ0) is 19.1. The summed E-state index contributed by atoms with van der Waals surface area (Å²) >= 11 is 6.46. The van der Waals surface area contributed by atoms with Crippen molar-refractivity contribution in [2.45, 2.75) is 26.6 Å². The van der Waals surface area contributed by atoms with E-state index in [0.29, 0.717) is 29.7 Å². The number of rotatable bonds is 8. The van der Waals surface area contributed by atoms with E-state index in [9.17, 15) is 0 Å². The molecule has 140 valence electrons. The second-order valence-corrected chi connectivity index (χ2v) is 6.74. The maximum atomic E-state index is 6.46. The van der Waals surface area contributed by atoms with Gasteiger partial charge in [-0.2, -0.15) is 0 Å². The van der Waals surface area contributed by atoms with Crippen LogP contribution in [-0.2, 0) is 19.7 Å². The highest BCUT2D eigenvalue weighted by atomic mass is 35.5. The van der Waals surface area contributed by atoms with Crippen molar-refractivity contribution in [3.05, 3.63) is 88.2 Å². The Morgan fingerprint density at radius 1 is 0.963 bits per heavy atom. The van der Waals surface area contributed by atoms with Crippen LogP contribution in [0, 0.1) is 6.92 Å². The topological polar surface area (TPSA) is 43.4 Å². The third kappa shape index (κ3) is 5.46. The number of hydrogen-bond acceptors (Lipinski definition) is 4. The lowest BCUT2D eigenvalue weighted by molar-refractivity contribution is 0.284. The van der Waals surface area contributed by atoms with Crippen molar-refractivity contribution in [2.75, 3.05) is 7.11 Å². The molecule has 0 amide bonds. The number of nitrogens with one attached hydrogen (secondary N) is 1. The molecule has 0 spiro atoms. The van der Waals surface area contributed by atoms with Crippen molar-refractivity contribution < 1.29 is 9.47 Å². The summed E-state index contributed by atoms with van der Waals surface area (Å²) in [5, 5.41) is 4.04. The van der Waals surface area contributed by atoms with E-state index in [1.54, 1.807) is 19.5 Å². The van der Waals surface area contributed by atoms with Gasteiger partial charge in [0.25, 0.3) is 0 Å². The lowest BCUT2D eigenvalue weighted by atomic mass is 10.1. The molecule has 0 atom stereocenters. The van der Waals surface area contributed by atoms with Crippen LogP contribution in [0.15, 0.2) is 60.9 Å². The van der Waals surface area contributed by atoms with Crippen molar-refractivity contribution in [1.82, 2.24) is 10.3 Å². The molecule has 0 fully saturated rings. The molecule has 0 aliphatic carbocycles. The van der Waals surface area contributed by atoms with E-state index in [1.807, 2.05) is 36.4 Å². The summed E-state index contributed by atoms with van der Waals surface area (Å²) < 4.78 is 11.4. The fraction of sp³-hybridized carbons (Fsp3) is 0.227. The van der Waals surface area contributed by atoms with Crippen LogP contribution in [0.3, 0.4) is 0 Å². The molecule has 0 aliphatic rings. The summed E-state index contributed by atoms with van der Waals surface area (Å²) in [7, 11) is 1.64. The van der Waals surface area contributed by atoms with E-state index < -0.39 is 0 Å². The maximum Gasteiger partial charge on any atom is 0.163 e. The van der Waals surface area contributed by atoms with Crippen LogP contribution < -0.4 is 14.8 Å². The Balaban J connectivity index is 1.65. The van der Waals surface area contributed by atoms with Gasteiger partial charge in [-0.05, 0) is 41.8 Å². The van der Waals surface area contributed by atoms with Crippen LogP contribution >= 0.6 is 11.6 Å². The van der Waals surface area contributed by atoms with Gasteiger partial charge in [-0.3, -0.25) is 4.98 Å². The fourth-order valence-corrected chi connectivity index (χ4v) is 3.01. The monoisotopic (exact) mass is 382 g/mol. The highest BCUT2D eigenvalue weighted by Gasteiger charge is 2.11. The average molecular weight is 383 g/mol. The van der Waals surface area contributed by atoms with Crippen molar-refractivity contribution in [2.24, 2.45) is 0 Å². The van der Waals surface area contributed by atoms with Gasteiger partial charge in [0.2, 0.25) is 0 Å². The number of nitrogens with zero attached hydrogens (tertiary/aromatic N) is 1. The molecule has 5 heteroatoms. The van der Waals surface area contributed by atoms with Crippen LogP contribution in [0.5, 0.6) is 11.5 Å². The Hall–Kier alpha value is -2.56. The first kappa shape index (κ1) is 19.2. The molecule has 0 bridgehead atoms. The van der Waals surface area contributed by atoms with Crippen LogP contribution in [0.2, 0.25) is 5.02 Å². The van der Waals surface area contributed by atoms with E-state index in [2.05, 4.69) is 29.4 Å². The number of aromatic nitrogens is 1. The van der Waals surface area contributed by atoms with Gasteiger partial charge in [0.05, 0.1) is 7.11 Å². The maximum absolute atomic E-state index is 6.46. The third-order valence-electron chi connectivity index (χ3n) is 4.20. The smallest absolute Gasteiger partial charge is 0.163 e. The fourth-order valence-electron chi connectivity index (χ4n) is 2.79. The molecule has 4 nitrogen and oxygen atoms in total. The molecule has 1 N–H and O–H groups in total. The number of hydrogen-bond donors (Lipinski definition) is 1. The molecule has 0 unspecified atom stereocenters. The minimum absolute atomic E-state index is 0.466. The van der Waals surface area contributed by atoms with Crippen molar-refractivity contribution >= 4 is 11.6 Å². The van der Waals surface area contributed by atoms with Gasteiger partial charge in [0.15, 0.2) is 11.5 Å². The first-order chi connectivity index (χ1) is 13.2. The zero-order valence-electron chi connectivity index (χ0n) is 15.5. The molecule has 1 heterocycles. The van der Waals surface area contributed by atoms with Crippen molar-refractivity contribution in [1.29, 1.82) is 0 Å². The normalized spacial score (nSPS) is 10.6. The van der Waals surface area contributed by atoms with E-state index in [4.69, 9.17) is 21.1 Å². The van der Waals surface area contributed by atoms with Gasteiger partial charge in [-0.25, -0.2) is 0 Å². The predicted octanol–water partition coefficient (Wildman–Crippen LogP) is 4.92. The highest BCUT2D eigenvalue weighted by Crippen LogP contribution is 2.34. The van der Waals surface area contributed by atoms with Crippen LogP contribution in [0.1, 0.15) is 22.3 Å². The second kappa shape index (κ2) is 9.40. The summed E-state index contributed by atoms with van der Waals surface area (Å²) in [6.07, 6.45) is 3.57. The Labute approximate surface area is 165 Å². The second-order valence-electron chi connectivity index (χ2n) is 6.33. The lowest BCUT2D eigenvalue weighted by Gasteiger charge is -2.14. The number of aryl methyl sites for hydroxylation is 1. The molecule has 2 aromatic carbocycles. The number of methoxy groups -OCH3 is 1. The highest BCUT2D eigenvalue weighted by molar-refractivity contribution is 6.31. The van der Waals surface area contributed by atoms with Gasteiger partial charge >= 0.3 is 0 Å². The molecule has 0 saturated heterocycles. The van der Waals surface area contributed by atoms with Crippen molar-refractivity contribution in [3.8, 4) is 11.5 Å². The number of ether oxygens (including phenoxy) is 2. The minimum Gasteiger partial charge on any atom is -0.493 e. The lowest BCUT2D eigenvalue weighted by Crippen LogP contribution is -2.13. The number of halogens is 1. The largest absolute Gasteiger partial charge is 0.493 e. The minimum atomic E-state index is 0.466. The number of benzene rings is 2. The number of pyridine rings is 1. The van der Waals surface area contributed by atoms with Crippen LogP contribution in [0.25, 0.3) is 0 Å². The van der Waals surface area contributed by atoms with Gasteiger partial charge < -0.3 is 14.8 Å². The molecule has 3 rings (SSSR count). The van der Waals surface area contributed by atoms with E-state index in [-0.39, 0.29) is 0 Å². The molecule has 27 heavy (non-hydrogen) atoms.